The summed E-state index contributed by atoms with van der Waals surface area (Å²) in [6.07, 6.45) is 1.36. The van der Waals surface area contributed by atoms with Crippen LogP contribution in [-0.2, 0) is 11.2 Å². The number of aromatic hydroxyl groups is 2. The van der Waals surface area contributed by atoms with Gasteiger partial charge in [-0.2, -0.15) is 0 Å². The lowest BCUT2D eigenvalue weighted by molar-refractivity contribution is -0.120. The molecular weight excluding hydrogens is 286 g/mol. The third kappa shape index (κ3) is 4.26. The summed E-state index contributed by atoms with van der Waals surface area (Å²) in [5, 5.41) is 21.2. The van der Waals surface area contributed by atoms with E-state index in [1.807, 2.05) is 6.92 Å². The topological polar surface area (TPSA) is 69.6 Å². The van der Waals surface area contributed by atoms with E-state index >= 15 is 0 Å². The molecule has 94 valence electrons. The largest absolute Gasteiger partial charge is 0.504 e. The molecule has 1 amide bonds. The molecule has 3 N–H and O–H groups in total. The van der Waals surface area contributed by atoms with Crippen LogP contribution in [0.15, 0.2) is 18.2 Å². The zero-order chi connectivity index (χ0) is 12.8. The Morgan fingerprint density at radius 3 is 2.71 bits per heavy atom. The number of hydrogen-bond acceptors (Lipinski definition) is 3. The summed E-state index contributed by atoms with van der Waals surface area (Å²) in [6, 6.07) is 4.64. The summed E-state index contributed by atoms with van der Waals surface area (Å²) in [5.41, 5.74) is 0.864. The molecular formula is C12H16BrNO3. The smallest absolute Gasteiger partial charge is 0.233 e. The summed E-state index contributed by atoms with van der Waals surface area (Å²) in [5.74, 6) is -0.305. The summed E-state index contributed by atoms with van der Waals surface area (Å²) in [7, 11) is 0. The number of rotatable bonds is 5. The Labute approximate surface area is 109 Å². The third-order valence-electron chi connectivity index (χ3n) is 2.40. The highest BCUT2D eigenvalue weighted by molar-refractivity contribution is 9.10. The maximum atomic E-state index is 11.4. The first kappa shape index (κ1) is 13.8. The third-order valence-corrected chi connectivity index (χ3v) is 3.46. The van der Waals surface area contributed by atoms with E-state index in [0.717, 1.165) is 12.0 Å². The van der Waals surface area contributed by atoms with E-state index in [-0.39, 0.29) is 22.2 Å². The normalized spacial score (nSPS) is 12.1. The molecule has 0 aliphatic rings. The van der Waals surface area contributed by atoms with Gasteiger partial charge in [-0.25, -0.2) is 0 Å². The average molecular weight is 302 g/mol. The van der Waals surface area contributed by atoms with Crippen molar-refractivity contribution >= 4 is 21.8 Å². The highest BCUT2D eigenvalue weighted by Gasteiger charge is 2.11. The van der Waals surface area contributed by atoms with Gasteiger partial charge in [0, 0.05) is 6.54 Å². The van der Waals surface area contributed by atoms with Crippen LogP contribution < -0.4 is 5.32 Å². The highest BCUT2D eigenvalue weighted by Crippen LogP contribution is 2.24. The van der Waals surface area contributed by atoms with Gasteiger partial charge in [0.2, 0.25) is 5.91 Å². The van der Waals surface area contributed by atoms with Crippen molar-refractivity contribution in [3.05, 3.63) is 23.8 Å². The predicted octanol–water partition coefficient (Wildman–Crippen LogP) is 1.93. The zero-order valence-corrected chi connectivity index (χ0v) is 11.2. The van der Waals surface area contributed by atoms with E-state index in [0.29, 0.717) is 13.0 Å². The molecule has 17 heavy (non-hydrogen) atoms. The van der Waals surface area contributed by atoms with Crippen LogP contribution in [0.5, 0.6) is 11.5 Å². The number of phenols is 2. The van der Waals surface area contributed by atoms with Crippen molar-refractivity contribution in [3.63, 3.8) is 0 Å². The summed E-state index contributed by atoms with van der Waals surface area (Å²) in [6.45, 7) is 2.43. The monoisotopic (exact) mass is 301 g/mol. The van der Waals surface area contributed by atoms with Gasteiger partial charge in [0.1, 0.15) is 0 Å². The number of carbonyl (C=O) groups is 1. The van der Waals surface area contributed by atoms with Crippen LogP contribution in [0, 0.1) is 0 Å². The predicted molar refractivity (Wildman–Crippen MR) is 69.5 cm³/mol. The van der Waals surface area contributed by atoms with Gasteiger partial charge in [0.05, 0.1) is 4.83 Å². The molecule has 0 spiro atoms. The standard InChI is InChI=1S/C12H16BrNO3/c1-2-9(13)12(17)14-6-5-8-3-4-10(15)11(16)7-8/h3-4,7,9,15-16H,2,5-6H2,1H3,(H,14,17). The molecule has 1 aromatic rings. The van der Waals surface area contributed by atoms with Gasteiger partial charge in [-0.3, -0.25) is 4.79 Å². The maximum absolute atomic E-state index is 11.4. The zero-order valence-electron chi connectivity index (χ0n) is 9.61. The fraction of sp³-hybridized carbons (Fsp3) is 0.417. The molecule has 0 aliphatic heterocycles. The van der Waals surface area contributed by atoms with Crippen LogP contribution in [0.1, 0.15) is 18.9 Å². The van der Waals surface area contributed by atoms with E-state index in [4.69, 9.17) is 5.11 Å². The summed E-state index contributed by atoms with van der Waals surface area (Å²) >= 11 is 3.26. The number of phenolic OH excluding ortho intramolecular Hbond substituents is 2. The summed E-state index contributed by atoms with van der Waals surface area (Å²) < 4.78 is 0. The number of carbonyl (C=O) groups excluding carboxylic acids is 1. The quantitative estimate of drug-likeness (QED) is 0.575. The Morgan fingerprint density at radius 1 is 1.41 bits per heavy atom. The molecule has 0 heterocycles. The summed E-state index contributed by atoms with van der Waals surface area (Å²) in [4.78, 5) is 11.3. The SMILES string of the molecule is CCC(Br)C(=O)NCCc1ccc(O)c(O)c1. The first-order valence-electron chi connectivity index (χ1n) is 5.47. The van der Waals surface area contributed by atoms with Crippen LogP contribution in [-0.4, -0.2) is 27.5 Å². The van der Waals surface area contributed by atoms with Crippen molar-refractivity contribution in [2.45, 2.75) is 24.6 Å². The van der Waals surface area contributed by atoms with Crippen molar-refractivity contribution in [3.8, 4) is 11.5 Å². The van der Waals surface area contributed by atoms with E-state index in [9.17, 15) is 9.90 Å². The Kier molecular flexibility index (Phi) is 5.28. The molecule has 0 aromatic heterocycles. The van der Waals surface area contributed by atoms with Crippen molar-refractivity contribution in [2.75, 3.05) is 6.54 Å². The number of alkyl halides is 1. The number of halogens is 1. The lowest BCUT2D eigenvalue weighted by Gasteiger charge is -2.09. The molecule has 0 fully saturated rings. The first-order chi connectivity index (χ1) is 8.04. The average Bonchev–Trinajstić information content (AvgIpc) is 2.32. The highest BCUT2D eigenvalue weighted by atomic mass is 79.9. The van der Waals surface area contributed by atoms with E-state index < -0.39 is 0 Å². The van der Waals surface area contributed by atoms with Gasteiger partial charge < -0.3 is 15.5 Å². The van der Waals surface area contributed by atoms with Crippen LogP contribution in [0.25, 0.3) is 0 Å². The number of nitrogens with one attached hydrogen (secondary N) is 1. The van der Waals surface area contributed by atoms with Crippen LogP contribution in [0.3, 0.4) is 0 Å². The molecule has 1 aromatic carbocycles. The molecule has 0 radical (unpaired) electrons. The molecule has 1 rings (SSSR count). The first-order valence-corrected chi connectivity index (χ1v) is 6.38. The fourth-order valence-electron chi connectivity index (χ4n) is 1.35. The fourth-order valence-corrected chi connectivity index (χ4v) is 1.51. The van der Waals surface area contributed by atoms with Gasteiger partial charge >= 0.3 is 0 Å². The molecule has 0 aliphatic carbocycles. The maximum Gasteiger partial charge on any atom is 0.233 e. The second kappa shape index (κ2) is 6.49. The molecule has 1 unspecified atom stereocenters. The van der Waals surface area contributed by atoms with Crippen molar-refractivity contribution in [2.24, 2.45) is 0 Å². The Morgan fingerprint density at radius 2 is 2.12 bits per heavy atom. The molecule has 4 nitrogen and oxygen atoms in total. The van der Waals surface area contributed by atoms with Crippen LogP contribution in [0.2, 0.25) is 0 Å². The Balaban J connectivity index is 2.41. The minimum Gasteiger partial charge on any atom is -0.504 e. The van der Waals surface area contributed by atoms with Gasteiger partial charge in [0.15, 0.2) is 11.5 Å². The van der Waals surface area contributed by atoms with Gasteiger partial charge in [-0.15, -0.1) is 0 Å². The minimum atomic E-state index is -0.157. The second-order valence-electron chi connectivity index (χ2n) is 3.74. The Hall–Kier alpha value is -1.23. The van der Waals surface area contributed by atoms with E-state index in [2.05, 4.69) is 21.2 Å². The van der Waals surface area contributed by atoms with Gasteiger partial charge in [0.25, 0.3) is 0 Å². The second-order valence-corrected chi connectivity index (χ2v) is 4.85. The van der Waals surface area contributed by atoms with E-state index in [1.54, 1.807) is 6.07 Å². The molecule has 0 saturated carbocycles. The molecule has 0 bridgehead atoms. The molecule has 1 atom stereocenters. The Bertz CT molecular complexity index is 395. The van der Waals surface area contributed by atoms with E-state index in [1.165, 1.54) is 12.1 Å². The lowest BCUT2D eigenvalue weighted by atomic mass is 10.1. The van der Waals surface area contributed by atoms with Crippen molar-refractivity contribution in [1.29, 1.82) is 0 Å². The van der Waals surface area contributed by atoms with Gasteiger partial charge in [-0.05, 0) is 30.5 Å². The van der Waals surface area contributed by atoms with Crippen LogP contribution in [0.4, 0.5) is 0 Å². The van der Waals surface area contributed by atoms with Crippen molar-refractivity contribution < 1.29 is 15.0 Å². The number of benzene rings is 1. The minimum absolute atomic E-state index is 0.0319. The van der Waals surface area contributed by atoms with Crippen molar-refractivity contribution in [1.82, 2.24) is 5.32 Å². The molecule has 5 heteroatoms. The molecule has 0 saturated heterocycles. The van der Waals surface area contributed by atoms with Crippen LogP contribution >= 0.6 is 15.9 Å². The van der Waals surface area contributed by atoms with Gasteiger partial charge in [-0.1, -0.05) is 28.9 Å². The number of hydrogen-bond donors (Lipinski definition) is 3. The lowest BCUT2D eigenvalue weighted by Crippen LogP contribution is -2.32. The number of amides is 1.